The summed E-state index contributed by atoms with van der Waals surface area (Å²) in [5.74, 6) is -1.58. The molecular formula is C17H23F2N3O2. The Morgan fingerprint density at radius 2 is 2.00 bits per heavy atom. The second kappa shape index (κ2) is 7.44. The second-order valence-electron chi connectivity index (χ2n) is 6.35. The van der Waals surface area contributed by atoms with Crippen molar-refractivity contribution < 1.29 is 18.3 Å². The molecule has 2 aliphatic rings. The van der Waals surface area contributed by atoms with Gasteiger partial charge in [0.2, 0.25) is 0 Å². The Kier molecular flexibility index (Phi) is 5.30. The SMILES string of the molecule is NC(=NCC1COC2(CCCCCC2)O1)Nc1cc(F)ccc1F. The van der Waals surface area contributed by atoms with Gasteiger partial charge in [-0.1, -0.05) is 12.8 Å². The van der Waals surface area contributed by atoms with Gasteiger partial charge < -0.3 is 20.5 Å². The zero-order chi connectivity index (χ0) is 17.0. The van der Waals surface area contributed by atoms with Gasteiger partial charge in [0, 0.05) is 18.9 Å². The molecule has 1 heterocycles. The maximum absolute atomic E-state index is 13.6. The van der Waals surface area contributed by atoms with Crippen molar-refractivity contribution in [3.05, 3.63) is 29.8 Å². The van der Waals surface area contributed by atoms with Gasteiger partial charge in [-0.25, -0.2) is 8.78 Å². The molecule has 0 amide bonds. The number of rotatable bonds is 3. The van der Waals surface area contributed by atoms with E-state index in [1.54, 1.807) is 0 Å². The zero-order valence-electron chi connectivity index (χ0n) is 13.6. The molecule has 132 valence electrons. The number of anilines is 1. The first-order valence-corrected chi connectivity index (χ1v) is 8.40. The quantitative estimate of drug-likeness (QED) is 0.656. The summed E-state index contributed by atoms with van der Waals surface area (Å²) >= 11 is 0. The summed E-state index contributed by atoms with van der Waals surface area (Å²) in [4.78, 5) is 4.16. The lowest BCUT2D eigenvalue weighted by Crippen LogP contribution is -2.31. The van der Waals surface area contributed by atoms with Gasteiger partial charge in [0.1, 0.15) is 17.7 Å². The molecule has 1 saturated heterocycles. The summed E-state index contributed by atoms with van der Waals surface area (Å²) in [5.41, 5.74) is 5.71. The van der Waals surface area contributed by atoms with Crippen LogP contribution in [0, 0.1) is 11.6 Å². The third kappa shape index (κ3) is 4.21. The van der Waals surface area contributed by atoms with Crippen molar-refractivity contribution in [1.29, 1.82) is 0 Å². The summed E-state index contributed by atoms with van der Waals surface area (Å²) in [7, 11) is 0. The van der Waals surface area contributed by atoms with E-state index >= 15 is 0 Å². The van der Waals surface area contributed by atoms with Gasteiger partial charge in [-0.15, -0.1) is 0 Å². The number of hydrogen-bond acceptors (Lipinski definition) is 3. The number of guanidine groups is 1. The van der Waals surface area contributed by atoms with E-state index in [0.29, 0.717) is 13.2 Å². The van der Waals surface area contributed by atoms with Crippen LogP contribution in [0.4, 0.5) is 14.5 Å². The Morgan fingerprint density at radius 1 is 1.25 bits per heavy atom. The smallest absolute Gasteiger partial charge is 0.193 e. The maximum atomic E-state index is 13.6. The lowest BCUT2D eigenvalue weighted by atomic mass is 10.1. The molecule has 5 nitrogen and oxygen atoms in total. The van der Waals surface area contributed by atoms with Crippen LogP contribution in [0.5, 0.6) is 0 Å². The first kappa shape index (κ1) is 17.1. The van der Waals surface area contributed by atoms with E-state index in [-0.39, 0.29) is 17.8 Å². The van der Waals surface area contributed by atoms with Gasteiger partial charge in [-0.3, -0.25) is 4.99 Å². The predicted octanol–water partition coefficient (Wildman–Crippen LogP) is 3.16. The highest BCUT2D eigenvalue weighted by Gasteiger charge is 2.41. The van der Waals surface area contributed by atoms with E-state index in [1.807, 2.05) is 0 Å². The fourth-order valence-corrected chi connectivity index (χ4v) is 3.21. The molecule has 0 bridgehead atoms. The molecule has 1 atom stereocenters. The molecule has 2 fully saturated rings. The van der Waals surface area contributed by atoms with Crippen LogP contribution in [0.1, 0.15) is 38.5 Å². The average molecular weight is 339 g/mol. The van der Waals surface area contributed by atoms with E-state index in [9.17, 15) is 8.78 Å². The Morgan fingerprint density at radius 3 is 2.75 bits per heavy atom. The van der Waals surface area contributed by atoms with Crippen molar-refractivity contribution >= 4 is 11.6 Å². The van der Waals surface area contributed by atoms with Crippen molar-refractivity contribution in [2.24, 2.45) is 10.7 Å². The predicted molar refractivity (Wildman–Crippen MR) is 87.7 cm³/mol. The van der Waals surface area contributed by atoms with Crippen LogP contribution in [0.15, 0.2) is 23.2 Å². The average Bonchev–Trinajstić information content (AvgIpc) is 2.81. The number of ether oxygens (including phenoxy) is 2. The van der Waals surface area contributed by atoms with Crippen LogP contribution in [-0.4, -0.2) is 31.0 Å². The molecular weight excluding hydrogens is 316 g/mol. The summed E-state index contributed by atoms with van der Waals surface area (Å²) < 4.78 is 38.7. The summed E-state index contributed by atoms with van der Waals surface area (Å²) in [6, 6.07) is 3.12. The first-order chi connectivity index (χ1) is 11.6. The van der Waals surface area contributed by atoms with Crippen LogP contribution in [-0.2, 0) is 9.47 Å². The fraction of sp³-hybridized carbons (Fsp3) is 0.588. The van der Waals surface area contributed by atoms with Crippen molar-refractivity contribution in [3.8, 4) is 0 Å². The van der Waals surface area contributed by atoms with Gasteiger partial charge in [0.15, 0.2) is 11.7 Å². The molecule has 1 aliphatic heterocycles. The molecule has 0 radical (unpaired) electrons. The zero-order valence-corrected chi connectivity index (χ0v) is 13.6. The molecule has 1 aromatic rings. The van der Waals surface area contributed by atoms with Gasteiger partial charge in [0.25, 0.3) is 0 Å². The fourth-order valence-electron chi connectivity index (χ4n) is 3.21. The standard InChI is InChI=1S/C17H23F2N3O2/c18-12-5-6-14(19)15(9-12)22-16(20)21-10-13-11-23-17(24-13)7-3-1-2-4-8-17/h5-6,9,13H,1-4,7-8,10-11H2,(H3,20,21,22). The van der Waals surface area contributed by atoms with Crippen LogP contribution < -0.4 is 11.1 Å². The Labute approximate surface area is 140 Å². The number of aliphatic imine (C=N–C) groups is 1. The largest absolute Gasteiger partial charge is 0.370 e. The molecule has 1 saturated carbocycles. The van der Waals surface area contributed by atoms with Crippen molar-refractivity contribution in [1.82, 2.24) is 0 Å². The number of benzene rings is 1. The summed E-state index contributed by atoms with van der Waals surface area (Å²) in [6.07, 6.45) is 6.31. The van der Waals surface area contributed by atoms with Crippen LogP contribution >= 0.6 is 0 Å². The monoisotopic (exact) mass is 339 g/mol. The Balaban J connectivity index is 1.54. The molecule has 7 heteroatoms. The van der Waals surface area contributed by atoms with E-state index in [4.69, 9.17) is 15.2 Å². The van der Waals surface area contributed by atoms with E-state index in [0.717, 1.165) is 43.9 Å². The highest BCUT2D eigenvalue weighted by molar-refractivity contribution is 5.92. The number of halogens is 2. The normalized spacial score (nSPS) is 24.1. The lowest BCUT2D eigenvalue weighted by molar-refractivity contribution is -0.174. The number of nitrogens with one attached hydrogen (secondary N) is 1. The summed E-state index contributed by atoms with van der Waals surface area (Å²) in [6.45, 7) is 0.794. The number of hydrogen-bond donors (Lipinski definition) is 2. The van der Waals surface area contributed by atoms with Crippen LogP contribution in [0.2, 0.25) is 0 Å². The molecule has 1 unspecified atom stereocenters. The lowest BCUT2D eigenvalue weighted by Gasteiger charge is -2.26. The number of nitrogens with two attached hydrogens (primary N) is 1. The highest BCUT2D eigenvalue weighted by Crippen LogP contribution is 2.36. The van der Waals surface area contributed by atoms with Crippen molar-refractivity contribution in [3.63, 3.8) is 0 Å². The van der Waals surface area contributed by atoms with Crippen LogP contribution in [0.3, 0.4) is 0 Å². The third-order valence-electron chi connectivity index (χ3n) is 4.44. The Bertz CT molecular complexity index is 601. The Hall–Kier alpha value is -1.73. The minimum atomic E-state index is -0.590. The minimum absolute atomic E-state index is 0.0184. The first-order valence-electron chi connectivity index (χ1n) is 8.40. The van der Waals surface area contributed by atoms with Crippen molar-refractivity contribution in [2.45, 2.75) is 50.4 Å². The highest BCUT2D eigenvalue weighted by atomic mass is 19.1. The number of nitrogens with zero attached hydrogens (tertiary/aromatic N) is 1. The van der Waals surface area contributed by atoms with E-state index in [1.165, 1.54) is 12.8 Å². The van der Waals surface area contributed by atoms with Gasteiger partial charge >= 0.3 is 0 Å². The molecule has 24 heavy (non-hydrogen) atoms. The van der Waals surface area contributed by atoms with Gasteiger partial charge in [0.05, 0.1) is 18.8 Å². The second-order valence-corrected chi connectivity index (χ2v) is 6.35. The third-order valence-corrected chi connectivity index (χ3v) is 4.44. The molecule has 1 spiro atoms. The topological polar surface area (TPSA) is 68.9 Å². The van der Waals surface area contributed by atoms with Gasteiger partial charge in [-0.2, -0.15) is 0 Å². The van der Waals surface area contributed by atoms with Gasteiger partial charge in [-0.05, 0) is 25.0 Å². The molecule has 1 aromatic carbocycles. The molecule has 3 rings (SSSR count). The van der Waals surface area contributed by atoms with E-state index in [2.05, 4.69) is 10.3 Å². The van der Waals surface area contributed by atoms with Crippen LogP contribution in [0.25, 0.3) is 0 Å². The minimum Gasteiger partial charge on any atom is -0.370 e. The summed E-state index contributed by atoms with van der Waals surface area (Å²) in [5, 5.41) is 2.57. The van der Waals surface area contributed by atoms with Crippen molar-refractivity contribution in [2.75, 3.05) is 18.5 Å². The molecule has 1 aliphatic carbocycles. The van der Waals surface area contributed by atoms with E-state index < -0.39 is 17.4 Å². The molecule has 3 N–H and O–H groups in total. The maximum Gasteiger partial charge on any atom is 0.193 e. The molecule has 0 aromatic heterocycles.